The fourth-order valence-corrected chi connectivity index (χ4v) is 4.14. The molecule has 0 radical (unpaired) electrons. The Bertz CT molecular complexity index is 1060. The van der Waals surface area contributed by atoms with Crippen LogP contribution in [-0.4, -0.2) is 5.72 Å². The maximum atomic E-state index is 12.6. The van der Waals surface area contributed by atoms with Crippen LogP contribution < -0.4 is 15.7 Å². The fraction of sp³-hybridized carbons (Fsp3) is 0.286. The molecule has 2 heterocycles. The van der Waals surface area contributed by atoms with Crippen LogP contribution in [0.4, 0.5) is 5.69 Å². The summed E-state index contributed by atoms with van der Waals surface area (Å²) < 4.78 is 11.9. The largest absolute Gasteiger partial charge is 0.467 e. The van der Waals surface area contributed by atoms with Crippen molar-refractivity contribution in [1.29, 1.82) is 0 Å². The molecule has 4 rings (SSSR count). The lowest BCUT2D eigenvalue weighted by Crippen LogP contribution is -2.51. The third-order valence-electron chi connectivity index (χ3n) is 4.78. The summed E-state index contributed by atoms with van der Waals surface area (Å²) in [5, 5.41) is 4.89. The number of rotatable bonds is 2. The summed E-state index contributed by atoms with van der Waals surface area (Å²) in [5.74, 6) is 0.588. The second-order valence-electron chi connectivity index (χ2n) is 7.62. The Hall–Kier alpha value is -2.46. The first kappa shape index (κ1) is 17.0. The molecular weight excluding hydrogens is 350 g/mol. The maximum absolute atomic E-state index is 12.6. The summed E-state index contributed by atoms with van der Waals surface area (Å²) in [6.45, 7) is 6.07. The fourth-order valence-electron chi connectivity index (χ4n) is 3.95. The lowest BCUT2D eigenvalue weighted by Gasteiger charge is -2.44. The van der Waals surface area contributed by atoms with Crippen molar-refractivity contribution in [3.05, 3.63) is 69.5 Å². The van der Waals surface area contributed by atoms with E-state index in [0.29, 0.717) is 28.3 Å². The zero-order chi connectivity index (χ0) is 18.5. The van der Waals surface area contributed by atoms with Gasteiger partial charge in [-0.1, -0.05) is 43.6 Å². The van der Waals surface area contributed by atoms with Crippen LogP contribution in [0.3, 0.4) is 0 Å². The van der Waals surface area contributed by atoms with Crippen LogP contribution in [0.5, 0.6) is 5.75 Å². The normalized spacial score (nSPS) is 21.1. The molecule has 0 aliphatic carbocycles. The van der Waals surface area contributed by atoms with Gasteiger partial charge < -0.3 is 14.5 Å². The number of anilines is 1. The van der Waals surface area contributed by atoms with Gasteiger partial charge in [0.1, 0.15) is 11.3 Å². The van der Waals surface area contributed by atoms with Crippen LogP contribution >= 0.6 is 11.6 Å². The topological polar surface area (TPSA) is 51.5 Å². The highest BCUT2D eigenvalue weighted by Crippen LogP contribution is 2.46. The van der Waals surface area contributed by atoms with Gasteiger partial charge in [0, 0.05) is 22.5 Å². The zero-order valence-corrected chi connectivity index (χ0v) is 15.7. The lowest BCUT2D eigenvalue weighted by molar-refractivity contribution is 0.0615. The van der Waals surface area contributed by atoms with Gasteiger partial charge in [0.25, 0.3) is 0 Å². The Labute approximate surface area is 156 Å². The number of fused-ring (bicyclic) bond motifs is 3. The minimum Gasteiger partial charge on any atom is -0.467 e. The van der Waals surface area contributed by atoms with Crippen molar-refractivity contribution in [2.45, 2.75) is 38.3 Å². The first-order valence-electron chi connectivity index (χ1n) is 8.57. The van der Waals surface area contributed by atoms with Crippen molar-refractivity contribution in [3.8, 4) is 5.75 Å². The molecule has 1 aliphatic heterocycles. The monoisotopic (exact) mass is 369 g/mol. The zero-order valence-electron chi connectivity index (χ0n) is 14.9. The molecular formula is C21H20ClNO3. The third kappa shape index (κ3) is 2.84. The van der Waals surface area contributed by atoms with Gasteiger partial charge >= 0.3 is 5.63 Å². The van der Waals surface area contributed by atoms with Crippen LogP contribution in [0.1, 0.15) is 32.8 Å². The summed E-state index contributed by atoms with van der Waals surface area (Å²) in [6.07, 6.45) is 0.600. The molecule has 1 aromatic heterocycles. The molecule has 4 nitrogen and oxygen atoms in total. The average Bonchev–Trinajstić information content (AvgIpc) is 2.52. The minimum absolute atomic E-state index is 0.339. The van der Waals surface area contributed by atoms with Gasteiger partial charge in [0.2, 0.25) is 0 Å². The average molecular weight is 370 g/mol. The van der Waals surface area contributed by atoms with E-state index in [1.807, 2.05) is 63.2 Å². The number of nitrogens with one attached hydrogen (secondary N) is 1. The second kappa shape index (κ2) is 5.78. The molecule has 1 aliphatic rings. The standard InChI is InChI=1S/C21H20ClNO3/c1-20(2)12-21(3,23-14-8-6-7-13(22)11-14)26-18-15-9-4-5-10-16(15)25-19(24)17(18)20/h4-11,23H,12H2,1-3H3. The Morgan fingerprint density at radius 3 is 2.62 bits per heavy atom. The van der Waals surface area contributed by atoms with Gasteiger partial charge in [-0.25, -0.2) is 4.79 Å². The van der Waals surface area contributed by atoms with Gasteiger partial charge in [-0.3, -0.25) is 0 Å². The van der Waals surface area contributed by atoms with Gasteiger partial charge in [0.15, 0.2) is 5.72 Å². The van der Waals surface area contributed by atoms with Crippen LogP contribution in [0.2, 0.25) is 5.02 Å². The highest BCUT2D eigenvalue weighted by atomic mass is 35.5. The molecule has 0 amide bonds. The molecule has 2 aromatic carbocycles. The summed E-state index contributed by atoms with van der Waals surface area (Å²) >= 11 is 6.11. The molecule has 0 saturated carbocycles. The van der Waals surface area contributed by atoms with Crippen molar-refractivity contribution in [2.24, 2.45) is 0 Å². The Morgan fingerprint density at radius 1 is 1.08 bits per heavy atom. The van der Waals surface area contributed by atoms with Gasteiger partial charge in [0.05, 0.1) is 10.9 Å². The van der Waals surface area contributed by atoms with E-state index in [9.17, 15) is 4.79 Å². The van der Waals surface area contributed by atoms with E-state index >= 15 is 0 Å². The van der Waals surface area contributed by atoms with Crippen LogP contribution in [0.15, 0.2) is 57.7 Å². The van der Waals surface area contributed by atoms with E-state index in [-0.39, 0.29) is 5.63 Å². The van der Waals surface area contributed by atoms with Crippen LogP contribution in [0.25, 0.3) is 11.0 Å². The Kier molecular flexibility index (Phi) is 3.77. The van der Waals surface area contributed by atoms with E-state index in [4.69, 9.17) is 20.8 Å². The summed E-state index contributed by atoms with van der Waals surface area (Å²) in [4.78, 5) is 12.6. The minimum atomic E-state index is -0.697. The van der Waals surface area contributed by atoms with E-state index in [1.54, 1.807) is 6.07 Å². The van der Waals surface area contributed by atoms with E-state index in [2.05, 4.69) is 5.32 Å². The smallest absolute Gasteiger partial charge is 0.343 e. The van der Waals surface area contributed by atoms with E-state index in [0.717, 1.165) is 11.1 Å². The molecule has 0 bridgehead atoms. The molecule has 5 heteroatoms. The number of halogens is 1. The van der Waals surface area contributed by atoms with Gasteiger partial charge in [-0.15, -0.1) is 0 Å². The van der Waals surface area contributed by atoms with Gasteiger partial charge in [-0.05, 0) is 37.3 Å². The van der Waals surface area contributed by atoms with Crippen molar-refractivity contribution in [3.63, 3.8) is 0 Å². The maximum Gasteiger partial charge on any atom is 0.343 e. The first-order valence-corrected chi connectivity index (χ1v) is 8.94. The quantitative estimate of drug-likeness (QED) is 0.620. The molecule has 134 valence electrons. The molecule has 1 atom stereocenters. The summed E-state index contributed by atoms with van der Waals surface area (Å²) in [6, 6.07) is 15.0. The molecule has 0 fully saturated rings. The van der Waals surface area contributed by atoms with E-state index < -0.39 is 11.1 Å². The molecule has 0 spiro atoms. The van der Waals surface area contributed by atoms with Gasteiger partial charge in [-0.2, -0.15) is 0 Å². The van der Waals surface area contributed by atoms with E-state index in [1.165, 1.54) is 0 Å². The lowest BCUT2D eigenvalue weighted by atomic mass is 9.76. The third-order valence-corrected chi connectivity index (χ3v) is 5.02. The van der Waals surface area contributed by atoms with Crippen molar-refractivity contribution >= 4 is 28.3 Å². The number of ether oxygens (including phenoxy) is 1. The molecule has 26 heavy (non-hydrogen) atoms. The molecule has 3 aromatic rings. The second-order valence-corrected chi connectivity index (χ2v) is 8.06. The molecule has 1 N–H and O–H groups in total. The molecule has 1 unspecified atom stereocenters. The van der Waals surface area contributed by atoms with Crippen molar-refractivity contribution < 1.29 is 9.15 Å². The number of hydrogen-bond acceptors (Lipinski definition) is 4. The molecule has 0 saturated heterocycles. The number of benzene rings is 2. The number of hydrogen-bond donors (Lipinski definition) is 1. The Balaban J connectivity index is 1.86. The van der Waals surface area contributed by atoms with Crippen LogP contribution in [0, 0.1) is 0 Å². The predicted octanol–water partition coefficient (Wildman–Crippen LogP) is 5.33. The number of para-hydroxylation sites is 1. The Morgan fingerprint density at radius 2 is 1.85 bits per heavy atom. The first-order chi connectivity index (χ1) is 12.3. The van der Waals surface area contributed by atoms with Crippen molar-refractivity contribution in [1.82, 2.24) is 0 Å². The predicted molar refractivity (Wildman–Crippen MR) is 104 cm³/mol. The summed E-state index contributed by atoms with van der Waals surface area (Å²) in [5.41, 5.74) is 0.525. The van der Waals surface area contributed by atoms with Crippen LogP contribution in [-0.2, 0) is 5.41 Å². The summed E-state index contributed by atoms with van der Waals surface area (Å²) in [7, 11) is 0. The van der Waals surface area contributed by atoms with Crippen molar-refractivity contribution in [2.75, 3.05) is 5.32 Å². The highest BCUT2D eigenvalue weighted by Gasteiger charge is 2.45. The SMILES string of the molecule is CC1(Nc2cccc(Cl)c2)CC(C)(C)c2c(c3ccccc3oc2=O)O1. The highest BCUT2D eigenvalue weighted by molar-refractivity contribution is 6.30.